The largest absolute Gasteiger partial charge is 0.422 e. The number of halogens is 1. The Hall–Kier alpha value is -1.28. The smallest absolute Gasteiger partial charge is 0.355 e. The Morgan fingerprint density at radius 2 is 1.88 bits per heavy atom. The maximum absolute atomic E-state index is 11.5. The molecule has 1 aromatic heterocycles. The maximum Gasteiger partial charge on any atom is 0.355 e. The Balaban J connectivity index is 2.81. The molecular weight excluding hydrogens is 236 g/mol. The third-order valence-electron chi connectivity index (χ3n) is 2.96. The molecule has 0 atom stereocenters. The fourth-order valence-electron chi connectivity index (χ4n) is 1.80. The zero-order chi connectivity index (χ0) is 12.8. The number of benzene rings is 1. The molecule has 0 aliphatic carbocycles. The van der Waals surface area contributed by atoms with Gasteiger partial charge in [-0.2, -0.15) is 0 Å². The molecule has 0 bridgehead atoms. The van der Waals surface area contributed by atoms with E-state index in [1.165, 1.54) is 0 Å². The molecule has 2 nitrogen and oxygen atoms in total. The lowest BCUT2D eigenvalue weighted by molar-refractivity contribution is 0.553. The van der Waals surface area contributed by atoms with Gasteiger partial charge in [-0.05, 0) is 29.5 Å². The van der Waals surface area contributed by atoms with Crippen molar-refractivity contribution in [2.75, 3.05) is 0 Å². The van der Waals surface area contributed by atoms with E-state index in [-0.39, 0.29) is 10.4 Å². The zero-order valence-electron chi connectivity index (χ0n) is 10.4. The van der Waals surface area contributed by atoms with Crippen molar-refractivity contribution >= 4 is 22.6 Å². The van der Waals surface area contributed by atoms with Crippen LogP contribution >= 0.6 is 11.6 Å². The molecule has 0 radical (unpaired) electrons. The van der Waals surface area contributed by atoms with Crippen LogP contribution in [-0.2, 0) is 5.41 Å². The van der Waals surface area contributed by atoms with Crippen LogP contribution in [0.1, 0.15) is 31.9 Å². The van der Waals surface area contributed by atoms with Crippen LogP contribution in [0.2, 0.25) is 5.02 Å². The van der Waals surface area contributed by atoms with Crippen LogP contribution in [0.3, 0.4) is 0 Å². The van der Waals surface area contributed by atoms with E-state index in [9.17, 15) is 4.79 Å². The van der Waals surface area contributed by atoms with E-state index in [0.29, 0.717) is 5.58 Å². The van der Waals surface area contributed by atoms with Crippen molar-refractivity contribution in [3.8, 4) is 0 Å². The molecule has 2 aromatic rings. The van der Waals surface area contributed by atoms with Gasteiger partial charge in [0.2, 0.25) is 0 Å². The molecule has 1 aromatic carbocycles. The quantitative estimate of drug-likeness (QED) is 0.660. The summed E-state index contributed by atoms with van der Waals surface area (Å²) in [4.78, 5) is 11.5. The van der Waals surface area contributed by atoms with E-state index < -0.39 is 5.63 Å². The lowest BCUT2D eigenvalue weighted by atomic mass is 9.86. The molecule has 2 rings (SSSR count). The number of aryl methyl sites for hydroxylation is 1. The molecule has 0 saturated carbocycles. The fraction of sp³-hybridized carbons (Fsp3) is 0.357. The highest BCUT2D eigenvalue weighted by molar-refractivity contribution is 6.31. The molecular formula is C14H15ClO2. The topological polar surface area (TPSA) is 30.2 Å². The molecule has 0 unspecified atom stereocenters. The normalized spacial score (nSPS) is 12.1. The average Bonchev–Trinajstić information content (AvgIpc) is 2.24. The molecule has 0 fully saturated rings. The minimum atomic E-state index is -0.470. The summed E-state index contributed by atoms with van der Waals surface area (Å²) in [6.45, 7) is 8.19. The molecule has 90 valence electrons. The van der Waals surface area contributed by atoms with Crippen LogP contribution in [0.15, 0.2) is 27.4 Å². The van der Waals surface area contributed by atoms with Crippen LogP contribution in [0, 0.1) is 6.92 Å². The summed E-state index contributed by atoms with van der Waals surface area (Å²) < 4.78 is 5.22. The second kappa shape index (κ2) is 3.88. The summed E-state index contributed by atoms with van der Waals surface area (Å²) in [5, 5.41) is 1.06. The lowest BCUT2D eigenvalue weighted by Crippen LogP contribution is -2.11. The lowest BCUT2D eigenvalue weighted by Gasteiger charge is -2.19. The molecule has 0 aliphatic rings. The molecule has 0 amide bonds. The summed E-state index contributed by atoms with van der Waals surface area (Å²) in [5.41, 5.74) is 2.07. The molecule has 0 aliphatic heterocycles. The van der Waals surface area contributed by atoms with Crippen LogP contribution < -0.4 is 5.63 Å². The average molecular weight is 251 g/mol. The predicted molar refractivity (Wildman–Crippen MR) is 70.9 cm³/mol. The Morgan fingerprint density at radius 3 is 2.47 bits per heavy atom. The van der Waals surface area contributed by atoms with Crippen molar-refractivity contribution < 1.29 is 4.42 Å². The number of fused-ring (bicyclic) bond motifs is 1. The second-order valence-electron chi connectivity index (χ2n) is 5.29. The van der Waals surface area contributed by atoms with Crippen LogP contribution in [0.5, 0.6) is 0 Å². The van der Waals surface area contributed by atoms with Crippen molar-refractivity contribution in [2.45, 2.75) is 33.1 Å². The first-order valence-electron chi connectivity index (χ1n) is 5.54. The van der Waals surface area contributed by atoms with E-state index in [2.05, 4.69) is 20.8 Å². The van der Waals surface area contributed by atoms with Crippen molar-refractivity contribution in [3.63, 3.8) is 0 Å². The van der Waals surface area contributed by atoms with E-state index in [1.807, 2.05) is 25.1 Å². The minimum absolute atomic E-state index is 0.0281. The van der Waals surface area contributed by atoms with Gasteiger partial charge in [-0.1, -0.05) is 44.5 Å². The van der Waals surface area contributed by atoms with Crippen LogP contribution in [0.4, 0.5) is 0 Å². The maximum atomic E-state index is 11.5. The molecule has 0 saturated heterocycles. The van der Waals surface area contributed by atoms with Gasteiger partial charge in [0.25, 0.3) is 0 Å². The summed E-state index contributed by atoms with van der Waals surface area (Å²) in [5.74, 6) is 0. The SMILES string of the molecule is Cc1c(Cl)c(=O)oc2cc(C(C)(C)C)ccc12. The molecule has 3 heteroatoms. The minimum Gasteiger partial charge on any atom is -0.422 e. The van der Waals surface area contributed by atoms with Crippen LogP contribution in [-0.4, -0.2) is 0 Å². The van der Waals surface area contributed by atoms with Crippen molar-refractivity contribution in [3.05, 3.63) is 44.8 Å². The molecule has 0 N–H and O–H groups in total. The third kappa shape index (κ3) is 2.09. The van der Waals surface area contributed by atoms with E-state index in [1.54, 1.807) is 0 Å². The highest BCUT2D eigenvalue weighted by Gasteiger charge is 2.16. The number of rotatable bonds is 0. The monoisotopic (exact) mass is 250 g/mol. The Morgan fingerprint density at radius 1 is 1.24 bits per heavy atom. The van der Waals surface area contributed by atoms with Gasteiger partial charge < -0.3 is 4.42 Å². The standard InChI is InChI=1S/C14H15ClO2/c1-8-10-6-5-9(14(2,3)4)7-11(10)17-13(16)12(8)15/h5-7H,1-4H3. The fourth-order valence-corrected chi connectivity index (χ4v) is 1.94. The second-order valence-corrected chi connectivity index (χ2v) is 5.67. The van der Waals surface area contributed by atoms with Crippen molar-refractivity contribution in [1.29, 1.82) is 0 Å². The molecule has 1 heterocycles. The van der Waals surface area contributed by atoms with Crippen LogP contribution in [0.25, 0.3) is 11.0 Å². The Labute approximate surface area is 105 Å². The van der Waals surface area contributed by atoms with Gasteiger partial charge in [0.05, 0.1) is 0 Å². The van der Waals surface area contributed by atoms with E-state index in [4.69, 9.17) is 16.0 Å². The summed E-state index contributed by atoms with van der Waals surface area (Å²) in [6, 6.07) is 5.92. The number of hydrogen-bond donors (Lipinski definition) is 0. The zero-order valence-corrected chi connectivity index (χ0v) is 11.2. The first-order valence-corrected chi connectivity index (χ1v) is 5.92. The number of hydrogen-bond acceptors (Lipinski definition) is 2. The van der Waals surface area contributed by atoms with Gasteiger partial charge in [-0.3, -0.25) is 0 Å². The van der Waals surface area contributed by atoms with Gasteiger partial charge in [0.1, 0.15) is 10.6 Å². The highest BCUT2D eigenvalue weighted by atomic mass is 35.5. The predicted octanol–water partition coefficient (Wildman–Crippen LogP) is 4.05. The Kier molecular flexibility index (Phi) is 2.78. The first-order chi connectivity index (χ1) is 7.80. The van der Waals surface area contributed by atoms with Gasteiger partial charge in [-0.15, -0.1) is 0 Å². The Bertz CT molecular complexity index is 633. The van der Waals surface area contributed by atoms with Gasteiger partial charge in [0.15, 0.2) is 0 Å². The summed E-state index contributed by atoms with van der Waals surface area (Å²) in [7, 11) is 0. The van der Waals surface area contributed by atoms with Gasteiger partial charge >= 0.3 is 5.63 Å². The molecule has 17 heavy (non-hydrogen) atoms. The van der Waals surface area contributed by atoms with E-state index in [0.717, 1.165) is 16.5 Å². The highest BCUT2D eigenvalue weighted by Crippen LogP contribution is 2.28. The summed E-state index contributed by atoms with van der Waals surface area (Å²) >= 11 is 5.88. The van der Waals surface area contributed by atoms with E-state index >= 15 is 0 Å². The van der Waals surface area contributed by atoms with Crippen molar-refractivity contribution in [1.82, 2.24) is 0 Å². The molecule has 0 spiro atoms. The van der Waals surface area contributed by atoms with Gasteiger partial charge in [-0.25, -0.2) is 4.79 Å². The summed E-state index contributed by atoms with van der Waals surface area (Å²) in [6.07, 6.45) is 0. The van der Waals surface area contributed by atoms with Crippen molar-refractivity contribution in [2.24, 2.45) is 0 Å². The first kappa shape index (κ1) is 12.2. The van der Waals surface area contributed by atoms with Gasteiger partial charge in [0, 0.05) is 5.39 Å². The third-order valence-corrected chi connectivity index (χ3v) is 3.40.